The zero-order valence-electron chi connectivity index (χ0n) is 26.1. The number of nitrogens with zero attached hydrogens (tertiary/aromatic N) is 7. The number of aryl methyl sites for hydroxylation is 1. The van der Waals surface area contributed by atoms with E-state index in [0.29, 0.717) is 51.4 Å². The van der Waals surface area contributed by atoms with Crippen LogP contribution in [0.4, 0.5) is 11.5 Å². The second kappa shape index (κ2) is 11.5. The van der Waals surface area contributed by atoms with Gasteiger partial charge in [0.05, 0.1) is 30.8 Å². The molecule has 0 unspecified atom stereocenters. The van der Waals surface area contributed by atoms with Gasteiger partial charge < -0.3 is 29.7 Å². The van der Waals surface area contributed by atoms with Crippen LogP contribution in [0.2, 0.25) is 0 Å². The molecule has 0 saturated carbocycles. The van der Waals surface area contributed by atoms with E-state index in [-0.39, 0.29) is 18.4 Å². The Kier molecular flexibility index (Phi) is 7.55. The molecule has 1 N–H and O–H groups in total. The molecule has 0 radical (unpaired) electrons. The highest BCUT2D eigenvalue weighted by molar-refractivity contribution is 5.97. The first-order chi connectivity index (χ1) is 21.3. The van der Waals surface area contributed by atoms with Crippen LogP contribution in [0.5, 0.6) is 6.01 Å². The van der Waals surface area contributed by atoms with Gasteiger partial charge in [-0.25, -0.2) is 0 Å². The summed E-state index contributed by atoms with van der Waals surface area (Å²) in [5.41, 5.74) is 4.14. The number of hydrogen-bond acceptors (Lipinski definition) is 9. The van der Waals surface area contributed by atoms with Crippen LogP contribution in [-0.2, 0) is 17.8 Å². The van der Waals surface area contributed by atoms with Crippen LogP contribution in [0.25, 0.3) is 10.8 Å². The maximum atomic E-state index is 13.3. The summed E-state index contributed by atoms with van der Waals surface area (Å²) in [6, 6.07) is 15.9. The number of aromatic nitrogens is 2. The average Bonchev–Trinajstić information content (AvgIpc) is 3.66. The van der Waals surface area contributed by atoms with Gasteiger partial charge in [0.1, 0.15) is 18.0 Å². The summed E-state index contributed by atoms with van der Waals surface area (Å²) in [6.45, 7) is 9.77. The van der Waals surface area contributed by atoms with Crippen LogP contribution in [0.3, 0.4) is 0 Å². The van der Waals surface area contributed by atoms with Gasteiger partial charge in [-0.3, -0.25) is 4.79 Å². The molecule has 0 spiro atoms. The summed E-state index contributed by atoms with van der Waals surface area (Å²) in [5.74, 6) is 0.983. The Morgan fingerprint density at radius 2 is 1.93 bits per heavy atom. The van der Waals surface area contributed by atoms with Crippen LogP contribution < -0.4 is 19.9 Å². The van der Waals surface area contributed by atoms with Crippen molar-refractivity contribution < 1.29 is 9.53 Å². The number of benzene rings is 2. The van der Waals surface area contributed by atoms with E-state index in [1.807, 2.05) is 11.8 Å². The number of piperazine rings is 1. The third-order valence-electron chi connectivity index (χ3n) is 10.1. The Morgan fingerprint density at radius 1 is 1.11 bits per heavy atom. The van der Waals surface area contributed by atoms with E-state index in [4.69, 9.17) is 14.7 Å². The van der Waals surface area contributed by atoms with Gasteiger partial charge in [0.2, 0.25) is 5.91 Å². The Hall–Kier alpha value is -3.94. The Labute approximate surface area is 259 Å². The number of nitriles is 1. The maximum Gasteiger partial charge on any atom is 0.318 e. The lowest BCUT2D eigenvalue weighted by atomic mass is 9.99. The van der Waals surface area contributed by atoms with Gasteiger partial charge in [-0.15, -0.1) is 0 Å². The third kappa shape index (κ3) is 5.33. The number of carbonyl (C=O) groups is 1. The summed E-state index contributed by atoms with van der Waals surface area (Å²) in [7, 11) is 2.15. The predicted molar refractivity (Wildman–Crippen MR) is 171 cm³/mol. The topological polar surface area (TPSA) is 111 Å². The molecule has 1 amide bonds. The molecule has 0 bridgehead atoms. The van der Waals surface area contributed by atoms with Crippen molar-refractivity contribution in [2.24, 2.45) is 0 Å². The highest BCUT2D eigenvalue weighted by atomic mass is 16.5. The van der Waals surface area contributed by atoms with Crippen molar-refractivity contribution in [2.45, 2.75) is 63.7 Å². The van der Waals surface area contributed by atoms with E-state index in [1.54, 1.807) is 0 Å². The average molecular weight is 595 g/mol. The molecule has 2 aromatic carbocycles. The monoisotopic (exact) mass is 594 g/mol. The Balaban J connectivity index is 1.21. The molecular weight excluding hydrogens is 552 g/mol. The van der Waals surface area contributed by atoms with E-state index in [9.17, 15) is 10.1 Å². The van der Waals surface area contributed by atoms with E-state index >= 15 is 0 Å². The normalized spacial score (nSPS) is 25.2. The van der Waals surface area contributed by atoms with E-state index < -0.39 is 5.54 Å². The first-order valence-electron chi connectivity index (χ1n) is 16.0. The van der Waals surface area contributed by atoms with Crippen molar-refractivity contribution in [3.63, 3.8) is 0 Å². The molecule has 3 aromatic rings. The summed E-state index contributed by atoms with van der Waals surface area (Å²) in [5, 5.41) is 15.4. The number of rotatable bonds is 7. The molecule has 10 nitrogen and oxygen atoms in total. The quantitative estimate of drug-likeness (QED) is 0.412. The molecule has 10 heteroatoms. The number of anilines is 2. The number of nitrogens with one attached hydrogen (secondary N) is 1. The number of fused-ring (bicyclic) bond motifs is 2. The molecule has 7 rings (SSSR count). The minimum Gasteiger partial charge on any atom is -0.462 e. The van der Waals surface area contributed by atoms with Crippen molar-refractivity contribution in [1.29, 1.82) is 5.26 Å². The van der Waals surface area contributed by atoms with Crippen molar-refractivity contribution >= 4 is 28.2 Å². The van der Waals surface area contributed by atoms with Gasteiger partial charge in [0.25, 0.3) is 0 Å². The molecular formula is C34H42N8O2. The smallest absolute Gasteiger partial charge is 0.318 e. The molecule has 5 heterocycles. The number of ether oxygens (including phenoxy) is 1. The Morgan fingerprint density at radius 3 is 2.68 bits per heavy atom. The summed E-state index contributed by atoms with van der Waals surface area (Å²) < 4.78 is 6.34. The fourth-order valence-electron chi connectivity index (χ4n) is 7.25. The zero-order chi connectivity index (χ0) is 30.4. The molecule has 230 valence electrons. The lowest BCUT2D eigenvalue weighted by molar-refractivity contribution is -0.136. The molecule has 3 fully saturated rings. The number of hydrogen-bond donors (Lipinski definition) is 1. The lowest BCUT2D eigenvalue weighted by Gasteiger charge is -2.43. The van der Waals surface area contributed by atoms with Crippen molar-refractivity contribution in [2.75, 3.05) is 62.7 Å². The predicted octanol–water partition coefficient (Wildman–Crippen LogP) is 3.27. The van der Waals surface area contributed by atoms with Crippen LogP contribution in [-0.4, -0.2) is 96.2 Å². The van der Waals surface area contributed by atoms with Gasteiger partial charge in [0, 0.05) is 55.4 Å². The molecule has 4 aliphatic rings. The fourth-order valence-corrected chi connectivity index (χ4v) is 7.25. The minimum absolute atomic E-state index is 0.0906. The summed E-state index contributed by atoms with van der Waals surface area (Å²) >= 11 is 0. The van der Waals surface area contributed by atoms with Crippen molar-refractivity contribution in [3.05, 3.63) is 53.2 Å². The maximum absolute atomic E-state index is 13.3. The van der Waals surface area contributed by atoms with Crippen molar-refractivity contribution in [1.82, 2.24) is 25.1 Å². The number of likely N-dealkylation sites (N-methyl/N-ethyl adjacent to an activating group) is 1. The van der Waals surface area contributed by atoms with Gasteiger partial charge >= 0.3 is 6.01 Å². The third-order valence-corrected chi connectivity index (χ3v) is 10.1. The number of carbonyl (C=O) groups excluding carboxylic acids is 1. The summed E-state index contributed by atoms with van der Waals surface area (Å²) in [6.07, 6.45) is 3.39. The highest BCUT2D eigenvalue weighted by Crippen LogP contribution is 2.36. The first-order valence-corrected chi connectivity index (χ1v) is 16.0. The first kappa shape index (κ1) is 28.8. The fraction of sp³-hybridized carbons (Fsp3) is 0.529. The highest BCUT2D eigenvalue weighted by Gasteiger charge is 2.49. The number of likely N-dealkylation sites (tertiary alicyclic amines) is 1. The molecule has 4 aliphatic heterocycles. The molecule has 0 aliphatic carbocycles. The zero-order valence-corrected chi connectivity index (χ0v) is 26.1. The van der Waals surface area contributed by atoms with E-state index in [2.05, 4.69) is 76.5 Å². The standard InChI is InChI=1S/C34H42N8O2/c1-23-7-4-8-24-9-5-11-29(30(23)24)40-16-13-27-28(20-40)37-33(44-21-26-10-6-15-39(26)3)38-31(27)41-17-18-42(25(19-41)12-14-35)32(43)34(2)22-36-34/h4-5,7-9,11,25-26,36H,6,10,12-13,15-22H2,1-3H3/t25-,26-,34-/m0/s1. The van der Waals surface area contributed by atoms with Gasteiger partial charge in [-0.1, -0.05) is 30.3 Å². The molecule has 44 heavy (non-hydrogen) atoms. The van der Waals surface area contributed by atoms with E-state index in [0.717, 1.165) is 43.0 Å². The second-order valence-corrected chi connectivity index (χ2v) is 13.1. The molecule has 3 saturated heterocycles. The minimum atomic E-state index is -0.498. The van der Waals surface area contributed by atoms with Gasteiger partial charge in [-0.05, 0) is 63.7 Å². The lowest BCUT2D eigenvalue weighted by Crippen LogP contribution is -2.58. The van der Waals surface area contributed by atoms with Gasteiger partial charge in [0.15, 0.2) is 0 Å². The molecule has 3 atom stereocenters. The van der Waals surface area contributed by atoms with Crippen LogP contribution >= 0.6 is 0 Å². The van der Waals surface area contributed by atoms with E-state index in [1.165, 1.54) is 28.4 Å². The Bertz CT molecular complexity index is 1610. The number of amides is 1. The van der Waals surface area contributed by atoms with Crippen LogP contribution in [0.15, 0.2) is 36.4 Å². The van der Waals surface area contributed by atoms with Crippen molar-refractivity contribution in [3.8, 4) is 12.1 Å². The van der Waals surface area contributed by atoms with Crippen LogP contribution in [0, 0.1) is 18.3 Å². The second-order valence-electron chi connectivity index (χ2n) is 13.1. The molecule has 1 aromatic heterocycles. The summed E-state index contributed by atoms with van der Waals surface area (Å²) in [4.78, 5) is 32.3. The van der Waals surface area contributed by atoms with Gasteiger partial charge in [-0.2, -0.15) is 15.2 Å². The van der Waals surface area contributed by atoms with Crippen LogP contribution in [0.1, 0.15) is 43.0 Å². The SMILES string of the molecule is Cc1cccc2cccc(N3CCc4c(nc(OC[C@@H]5CCCN5C)nc4N4CCN(C(=O)[C@]5(C)CN5)[C@@H](CC#N)C4)C3)c12. The largest absolute Gasteiger partial charge is 0.462 e.